The number of likely N-dealkylation sites (tertiary alicyclic amines) is 1. The predicted molar refractivity (Wildman–Crippen MR) is 90.8 cm³/mol. The van der Waals surface area contributed by atoms with Crippen LogP contribution in [-0.4, -0.2) is 46.4 Å². The van der Waals surface area contributed by atoms with Crippen molar-refractivity contribution in [3.8, 4) is 0 Å². The van der Waals surface area contributed by atoms with Crippen molar-refractivity contribution in [3.05, 3.63) is 59.5 Å². The summed E-state index contributed by atoms with van der Waals surface area (Å²) in [6.45, 7) is 0.463. The molecule has 1 saturated heterocycles. The van der Waals surface area contributed by atoms with Crippen LogP contribution in [0.5, 0.6) is 0 Å². The summed E-state index contributed by atoms with van der Waals surface area (Å²) >= 11 is 0. The molecule has 4 rings (SSSR count). The lowest BCUT2D eigenvalue weighted by Crippen LogP contribution is -2.37. The van der Waals surface area contributed by atoms with E-state index in [9.17, 15) is 14.4 Å². The van der Waals surface area contributed by atoms with Crippen molar-refractivity contribution in [1.82, 2.24) is 10.2 Å². The molecule has 0 radical (unpaired) electrons. The molecule has 1 aromatic heterocycles. The maximum absolute atomic E-state index is 12.3. The summed E-state index contributed by atoms with van der Waals surface area (Å²) in [7, 11) is 0. The first-order chi connectivity index (χ1) is 12.5. The van der Waals surface area contributed by atoms with Crippen LogP contribution in [0.3, 0.4) is 0 Å². The van der Waals surface area contributed by atoms with Gasteiger partial charge in [-0.05, 0) is 12.0 Å². The Morgan fingerprint density at radius 1 is 1.23 bits per heavy atom. The number of hydrogen-bond donors (Lipinski definition) is 2. The smallest absolute Gasteiger partial charge is 0.338 e. The van der Waals surface area contributed by atoms with Gasteiger partial charge in [-0.3, -0.25) is 9.59 Å². The third-order valence-corrected chi connectivity index (χ3v) is 4.95. The van der Waals surface area contributed by atoms with Gasteiger partial charge in [0.2, 0.25) is 5.91 Å². The van der Waals surface area contributed by atoms with E-state index in [0.717, 1.165) is 12.7 Å². The Hall–Kier alpha value is -3.09. The number of carbonyl (C=O) groups excluding carboxylic acids is 2. The quantitative estimate of drug-likeness (QED) is 0.854. The summed E-state index contributed by atoms with van der Waals surface area (Å²) in [4.78, 5) is 37.2. The molecular formula is C19H18N2O5. The molecule has 2 aliphatic rings. The molecule has 3 atom stereocenters. The van der Waals surface area contributed by atoms with Gasteiger partial charge in [0.05, 0.1) is 11.6 Å². The van der Waals surface area contributed by atoms with Gasteiger partial charge >= 0.3 is 5.97 Å². The van der Waals surface area contributed by atoms with Gasteiger partial charge in [-0.1, -0.05) is 30.3 Å². The van der Waals surface area contributed by atoms with Crippen molar-refractivity contribution in [3.63, 3.8) is 0 Å². The molecule has 134 valence electrons. The molecule has 2 amide bonds. The molecule has 1 aliphatic heterocycles. The molecule has 0 bridgehead atoms. The number of nitrogens with zero attached hydrogens (tertiary/aromatic N) is 1. The molecule has 2 heterocycles. The van der Waals surface area contributed by atoms with Crippen LogP contribution in [0.2, 0.25) is 0 Å². The van der Waals surface area contributed by atoms with Crippen LogP contribution in [0.1, 0.15) is 45.2 Å². The molecule has 2 N–H and O–H groups in total. The van der Waals surface area contributed by atoms with E-state index in [1.165, 1.54) is 11.6 Å². The maximum Gasteiger partial charge on any atom is 0.338 e. The van der Waals surface area contributed by atoms with Gasteiger partial charge in [-0.2, -0.15) is 0 Å². The highest BCUT2D eigenvalue weighted by Gasteiger charge is 2.48. The largest absolute Gasteiger partial charge is 0.478 e. The van der Waals surface area contributed by atoms with Gasteiger partial charge in [-0.15, -0.1) is 0 Å². The molecular weight excluding hydrogens is 336 g/mol. The first-order valence-electron chi connectivity index (χ1n) is 8.50. The standard InChI is InChI=1S/C19H18N2O5/c22-17-7-13(20-18(23)16-6-12(10-26-16)19(24)25)9-21(17)15-8-14(15)11-4-2-1-3-5-11/h1-6,10,13-15H,7-9H2,(H,20,23)(H,24,25). The normalized spacial score (nSPS) is 24.5. The molecule has 1 aromatic carbocycles. The molecule has 2 aromatic rings. The maximum atomic E-state index is 12.3. The Morgan fingerprint density at radius 3 is 2.69 bits per heavy atom. The lowest BCUT2D eigenvalue weighted by Gasteiger charge is -2.17. The molecule has 0 spiro atoms. The number of rotatable bonds is 5. The summed E-state index contributed by atoms with van der Waals surface area (Å²) in [5.74, 6) is -1.34. The van der Waals surface area contributed by atoms with E-state index in [-0.39, 0.29) is 35.7 Å². The van der Waals surface area contributed by atoms with E-state index in [1.54, 1.807) is 0 Å². The van der Waals surface area contributed by atoms with Gasteiger partial charge in [0, 0.05) is 31.0 Å². The SMILES string of the molecule is O=C(O)c1coc(C(=O)NC2CC(=O)N(C3CC3c3ccccc3)C2)c1. The number of benzene rings is 1. The van der Waals surface area contributed by atoms with Crippen molar-refractivity contribution in [2.45, 2.75) is 30.8 Å². The van der Waals surface area contributed by atoms with E-state index < -0.39 is 11.9 Å². The zero-order chi connectivity index (χ0) is 18.3. The van der Waals surface area contributed by atoms with E-state index in [4.69, 9.17) is 9.52 Å². The zero-order valence-electron chi connectivity index (χ0n) is 13.9. The fourth-order valence-electron chi connectivity index (χ4n) is 3.56. The third kappa shape index (κ3) is 3.08. The summed E-state index contributed by atoms with van der Waals surface area (Å²) < 4.78 is 4.99. The van der Waals surface area contributed by atoms with Crippen LogP contribution >= 0.6 is 0 Å². The number of nitrogens with one attached hydrogen (secondary N) is 1. The van der Waals surface area contributed by atoms with E-state index in [2.05, 4.69) is 17.4 Å². The van der Waals surface area contributed by atoms with E-state index in [0.29, 0.717) is 12.5 Å². The van der Waals surface area contributed by atoms with Gasteiger partial charge in [-0.25, -0.2) is 4.79 Å². The summed E-state index contributed by atoms with van der Waals surface area (Å²) in [5.41, 5.74) is 1.15. The van der Waals surface area contributed by atoms with Crippen molar-refractivity contribution in [2.75, 3.05) is 6.54 Å². The molecule has 3 unspecified atom stereocenters. The summed E-state index contributed by atoms with van der Waals surface area (Å²) in [6.07, 6.45) is 2.21. The number of carboxylic acid groups (broad SMARTS) is 1. The average molecular weight is 354 g/mol. The molecule has 7 nitrogen and oxygen atoms in total. The topological polar surface area (TPSA) is 99.8 Å². The minimum Gasteiger partial charge on any atom is -0.478 e. The number of amides is 2. The molecule has 7 heteroatoms. The first-order valence-corrected chi connectivity index (χ1v) is 8.50. The highest BCUT2D eigenvalue weighted by molar-refractivity contribution is 5.96. The number of carboxylic acids is 1. The minimum absolute atomic E-state index is 0.0319. The predicted octanol–water partition coefficient (Wildman–Crippen LogP) is 1.86. The minimum atomic E-state index is -1.16. The summed E-state index contributed by atoms with van der Waals surface area (Å²) in [5, 5.41) is 11.6. The second-order valence-corrected chi connectivity index (χ2v) is 6.75. The van der Waals surface area contributed by atoms with Gasteiger partial charge in [0.25, 0.3) is 5.91 Å². The number of hydrogen-bond acceptors (Lipinski definition) is 4. The van der Waals surface area contributed by atoms with Crippen LogP contribution in [-0.2, 0) is 4.79 Å². The number of carbonyl (C=O) groups is 3. The Balaban J connectivity index is 1.36. The average Bonchev–Trinajstić information content (AvgIpc) is 3.08. The van der Waals surface area contributed by atoms with Gasteiger partial charge < -0.3 is 19.7 Å². The van der Waals surface area contributed by atoms with E-state index in [1.807, 2.05) is 23.1 Å². The highest BCUT2D eigenvalue weighted by Crippen LogP contribution is 2.45. The van der Waals surface area contributed by atoms with Crippen LogP contribution in [0.4, 0.5) is 0 Å². The van der Waals surface area contributed by atoms with E-state index >= 15 is 0 Å². The van der Waals surface area contributed by atoms with Crippen molar-refractivity contribution < 1.29 is 23.9 Å². The Morgan fingerprint density at radius 2 is 2.00 bits per heavy atom. The number of aromatic carboxylic acids is 1. The van der Waals surface area contributed by atoms with Crippen LogP contribution < -0.4 is 5.32 Å². The second kappa shape index (κ2) is 6.33. The Labute approximate surface area is 149 Å². The Bertz CT molecular complexity index is 860. The monoisotopic (exact) mass is 354 g/mol. The molecule has 1 saturated carbocycles. The summed E-state index contributed by atoms with van der Waals surface area (Å²) in [6, 6.07) is 11.2. The van der Waals surface area contributed by atoms with Gasteiger partial charge in [0.1, 0.15) is 6.26 Å². The lowest BCUT2D eigenvalue weighted by molar-refractivity contribution is -0.128. The Kier molecular flexibility index (Phi) is 3.99. The van der Waals surface area contributed by atoms with Gasteiger partial charge in [0.15, 0.2) is 5.76 Å². The van der Waals surface area contributed by atoms with Crippen molar-refractivity contribution in [1.29, 1.82) is 0 Å². The zero-order valence-corrected chi connectivity index (χ0v) is 13.9. The molecule has 1 aliphatic carbocycles. The van der Waals surface area contributed by atoms with Crippen molar-refractivity contribution in [2.24, 2.45) is 0 Å². The molecule has 2 fully saturated rings. The fraction of sp³-hybridized carbons (Fsp3) is 0.316. The lowest BCUT2D eigenvalue weighted by atomic mass is 10.1. The van der Waals surface area contributed by atoms with Crippen LogP contribution in [0.25, 0.3) is 0 Å². The fourth-order valence-corrected chi connectivity index (χ4v) is 3.56. The first kappa shape index (κ1) is 16.4. The third-order valence-electron chi connectivity index (χ3n) is 4.95. The van der Waals surface area contributed by atoms with Crippen molar-refractivity contribution >= 4 is 17.8 Å². The highest BCUT2D eigenvalue weighted by atomic mass is 16.4. The second-order valence-electron chi connectivity index (χ2n) is 6.75. The number of furan rings is 1. The van der Waals surface area contributed by atoms with Crippen LogP contribution in [0, 0.1) is 0 Å². The molecule has 26 heavy (non-hydrogen) atoms. The van der Waals surface area contributed by atoms with Crippen LogP contribution in [0.15, 0.2) is 47.1 Å².